The highest BCUT2D eigenvalue weighted by Gasteiger charge is 2.12. The maximum atomic E-state index is 12.3. The summed E-state index contributed by atoms with van der Waals surface area (Å²) in [6, 6.07) is 8.39. The molecule has 0 aliphatic heterocycles. The molecule has 1 aromatic heterocycles. The highest BCUT2D eigenvalue weighted by Crippen LogP contribution is 2.18. The van der Waals surface area contributed by atoms with Crippen LogP contribution in [0.5, 0.6) is 0 Å². The van der Waals surface area contributed by atoms with E-state index in [1.54, 1.807) is 37.4 Å². The second-order valence-corrected chi connectivity index (χ2v) is 5.68. The number of amides is 2. The fourth-order valence-electron chi connectivity index (χ4n) is 2.21. The Balaban J connectivity index is 1.85. The largest absolute Gasteiger partial charge is 0.459 e. The minimum atomic E-state index is -0.358. The van der Waals surface area contributed by atoms with E-state index in [4.69, 9.17) is 13.9 Å². The minimum Gasteiger partial charge on any atom is -0.459 e. The summed E-state index contributed by atoms with van der Waals surface area (Å²) in [6.45, 7) is 4.02. The summed E-state index contributed by atoms with van der Waals surface area (Å²) in [5, 5.41) is 5.60. The number of aryl methyl sites for hydroxylation is 1. The zero-order valence-electron chi connectivity index (χ0n) is 15.0. The Morgan fingerprint density at radius 2 is 1.96 bits per heavy atom. The molecule has 0 bridgehead atoms. The van der Waals surface area contributed by atoms with Crippen LogP contribution in [0.4, 0.5) is 5.69 Å². The molecule has 1 aromatic carbocycles. The van der Waals surface area contributed by atoms with E-state index in [0.29, 0.717) is 44.0 Å². The van der Waals surface area contributed by atoms with Crippen LogP contribution in [0.25, 0.3) is 0 Å². The Kier molecular flexibility index (Phi) is 7.85. The number of nitrogens with one attached hydrogen (secondary N) is 2. The second kappa shape index (κ2) is 10.4. The monoisotopic (exact) mass is 360 g/mol. The third-order valence-electron chi connectivity index (χ3n) is 3.68. The summed E-state index contributed by atoms with van der Waals surface area (Å²) >= 11 is 0. The van der Waals surface area contributed by atoms with Gasteiger partial charge in [-0.15, -0.1) is 0 Å². The summed E-state index contributed by atoms with van der Waals surface area (Å²) in [4.78, 5) is 24.4. The molecule has 140 valence electrons. The van der Waals surface area contributed by atoms with Crippen LogP contribution in [-0.2, 0) is 9.47 Å². The van der Waals surface area contributed by atoms with Crippen molar-refractivity contribution in [2.24, 2.45) is 0 Å². The summed E-state index contributed by atoms with van der Waals surface area (Å²) in [5.41, 5.74) is 1.90. The predicted octanol–water partition coefficient (Wildman–Crippen LogP) is 2.62. The lowest BCUT2D eigenvalue weighted by Gasteiger charge is -2.10. The number of ether oxygens (including phenoxy) is 2. The number of hydrogen-bond acceptors (Lipinski definition) is 5. The van der Waals surface area contributed by atoms with Gasteiger partial charge in [0.1, 0.15) is 0 Å². The molecule has 2 N–H and O–H groups in total. The molecule has 0 saturated carbocycles. The number of rotatable bonds is 10. The lowest BCUT2D eigenvalue weighted by Crippen LogP contribution is -2.25. The van der Waals surface area contributed by atoms with Crippen LogP contribution in [0.2, 0.25) is 0 Å². The fourth-order valence-corrected chi connectivity index (χ4v) is 2.21. The van der Waals surface area contributed by atoms with Gasteiger partial charge < -0.3 is 24.5 Å². The van der Waals surface area contributed by atoms with E-state index in [9.17, 15) is 9.59 Å². The summed E-state index contributed by atoms with van der Waals surface area (Å²) < 4.78 is 15.3. The van der Waals surface area contributed by atoms with Crippen LogP contribution in [0.15, 0.2) is 41.0 Å². The maximum absolute atomic E-state index is 12.3. The van der Waals surface area contributed by atoms with Crippen LogP contribution in [0.3, 0.4) is 0 Å². The van der Waals surface area contributed by atoms with Crippen LogP contribution < -0.4 is 10.6 Å². The zero-order valence-corrected chi connectivity index (χ0v) is 15.0. The van der Waals surface area contributed by atoms with Gasteiger partial charge in [0.15, 0.2) is 5.76 Å². The molecule has 7 nitrogen and oxygen atoms in total. The molecule has 26 heavy (non-hydrogen) atoms. The maximum Gasteiger partial charge on any atom is 0.291 e. The summed E-state index contributed by atoms with van der Waals surface area (Å²) in [6.07, 6.45) is 2.15. The average Bonchev–Trinajstić information content (AvgIpc) is 3.17. The molecule has 0 atom stereocenters. The Morgan fingerprint density at radius 1 is 1.12 bits per heavy atom. The van der Waals surface area contributed by atoms with Gasteiger partial charge in [0.05, 0.1) is 19.5 Å². The van der Waals surface area contributed by atoms with E-state index in [1.165, 1.54) is 6.26 Å². The van der Waals surface area contributed by atoms with E-state index >= 15 is 0 Å². The first-order valence-corrected chi connectivity index (χ1v) is 8.42. The van der Waals surface area contributed by atoms with Crippen molar-refractivity contribution in [3.05, 3.63) is 53.5 Å². The van der Waals surface area contributed by atoms with Gasteiger partial charge >= 0.3 is 0 Å². The first-order chi connectivity index (χ1) is 12.6. The van der Waals surface area contributed by atoms with Gasteiger partial charge in [-0.3, -0.25) is 9.59 Å². The van der Waals surface area contributed by atoms with Crippen LogP contribution in [0, 0.1) is 6.92 Å². The van der Waals surface area contributed by atoms with Crippen molar-refractivity contribution in [3.8, 4) is 0 Å². The number of benzene rings is 1. The number of anilines is 1. The molecule has 0 aliphatic rings. The van der Waals surface area contributed by atoms with E-state index < -0.39 is 0 Å². The van der Waals surface area contributed by atoms with Crippen molar-refractivity contribution < 1.29 is 23.5 Å². The highest BCUT2D eigenvalue weighted by atomic mass is 16.5. The van der Waals surface area contributed by atoms with Gasteiger partial charge in [-0.25, -0.2) is 0 Å². The fraction of sp³-hybridized carbons (Fsp3) is 0.368. The molecule has 0 spiro atoms. The summed E-state index contributed by atoms with van der Waals surface area (Å²) in [5.74, 6) is -0.341. The first kappa shape index (κ1) is 19.7. The van der Waals surface area contributed by atoms with Crippen molar-refractivity contribution in [1.82, 2.24) is 5.32 Å². The van der Waals surface area contributed by atoms with E-state index in [1.807, 2.05) is 6.92 Å². The Bertz CT molecular complexity index is 713. The first-order valence-electron chi connectivity index (χ1n) is 8.42. The zero-order chi connectivity index (χ0) is 18.8. The Morgan fingerprint density at radius 3 is 2.69 bits per heavy atom. The van der Waals surface area contributed by atoms with Gasteiger partial charge in [0.25, 0.3) is 11.8 Å². The Labute approximate surface area is 152 Å². The van der Waals surface area contributed by atoms with Crippen molar-refractivity contribution >= 4 is 17.5 Å². The van der Waals surface area contributed by atoms with Gasteiger partial charge in [0, 0.05) is 31.5 Å². The number of furan rings is 1. The third-order valence-corrected chi connectivity index (χ3v) is 3.68. The molecule has 2 rings (SSSR count). The number of hydrogen-bond donors (Lipinski definition) is 2. The number of methoxy groups -OCH3 is 1. The van der Waals surface area contributed by atoms with E-state index in [-0.39, 0.29) is 17.6 Å². The van der Waals surface area contributed by atoms with Gasteiger partial charge in [-0.05, 0) is 43.2 Å². The summed E-state index contributed by atoms with van der Waals surface area (Å²) in [7, 11) is 1.62. The van der Waals surface area contributed by atoms with Crippen molar-refractivity contribution in [2.45, 2.75) is 13.3 Å². The second-order valence-electron chi connectivity index (χ2n) is 5.68. The molecule has 0 radical (unpaired) electrons. The average molecular weight is 360 g/mol. The quantitative estimate of drug-likeness (QED) is 0.636. The molecular formula is C19H24N2O5. The molecule has 0 aliphatic carbocycles. The minimum absolute atomic E-state index is 0.199. The normalized spacial score (nSPS) is 10.5. The van der Waals surface area contributed by atoms with Crippen molar-refractivity contribution in [3.63, 3.8) is 0 Å². The molecule has 2 amide bonds. The molecule has 0 unspecified atom stereocenters. The molecule has 0 fully saturated rings. The highest BCUT2D eigenvalue weighted by molar-refractivity contribution is 6.03. The van der Waals surface area contributed by atoms with Gasteiger partial charge in [0.2, 0.25) is 0 Å². The number of carbonyl (C=O) groups is 2. The molecule has 0 saturated heterocycles. The van der Waals surface area contributed by atoms with Crippen LogP contribution in [-0.4, -0.2) is 45.3 Å². The molecular weight excluding hydrogens is 336 g/mol. The Hall–Kier alpha value is -2.64. The smallest absolute Gasteiger partial charge is 0.291 e. The van der Waals surface area contributed by atoms with Gasteiger partial charge in [-0.2, -0.15) is 0 Å². The number of carbonyl (C=O) groups excluding carboxylic acids is 2. The topological polar surface area (TPSA) is 89.8 Å². The lowest BCUT2D eigenvalue weighted by molar-refractivity contribution is 0.0688. The van der Waals surface area contributed by atoms with Crippen molar-refractivity contribution in [2.75, 3.05) is 38.8 Å². The molecule has 7 heteroatoms. The van der Waals surface area contributed by atoms with Crippen LogP contribution >= 0.6 is 0 Å². The van der Waals surface area contributed by atoms with Crippen molar-refractivity contribution in [1.29, 1.82) is 0 Å². The molecule has 1 heterocycles. The van der Waals surface area contributed by atoms with Gasteiger partial charge in [-0.1, -0.05) is 6.07 Å². The molecule has 2 aromatic rings. The SMILES string of the molecule is COCCOCCCNC(=O)c1ccc(C)c(NC(=O)c2ccco2)c1. The van der Waals surface area contributed by atoms with Crippen LogP contribution in [0.1, 0.15) is 32.9 Å². The predicted molar refractivity (Wildman–Crippen MR) is 97.5 cm³/mol. The lowest BCUT2D eigenvalue weighted by atomic mass is 10.1. The van der Waals surface area contributed by atoms with E-state index in [0.717, 1.165) is 5.56 Å². The van der Waals surface area contributed by atoms with E-state index in [2.05, 4.69) is 10.6 Å². The standard InChI is InChI=1S/C19H24N2O5/c1-14-6-7-15(18(22)20-8-4-9-25-12-11-24-2)13-16(14)21-19(23)17-5-3-10-26-17/h3,5-7,10,13H,4,8-9,11-12H2,1-2H3,(H,20,22)(H,21,23). The third kappa shape index (κ3) is 6.02.